The fourth-order valence-corrected chi connectivity index (χ4v) is 3.73. The molecule has 0 saturated carbocycles. The highest BCUT2D eigenvalue weighted by atomic mass is 32.2. The third kappa shape index (κ3) is 4.38. The van der Waals surface area contributed by atoms with Gasteiger partial charge < -0.3 is 10.4 Å². The molecule has 2 atom stereocenters. The first kappa shape index (κ1) is 14.1. The van der Waals surface area contributed by atoms with Crippen LogP contribution < -0.4 is 5.32 Å². The first-order valence-corrected chi connectivity index (χ1v) is 7.91. The summed E-state index contributed by atoms with van der Waals surface area (Å²) in [6, 6.07) is 3.33. The lowest BCUT2D eigenvalue weighted by atomic mass is 10.2. The van der Waals surface area contributed by atoms with E-state index >= 15 is 0 Å². The molecular weight excluding hydrogens is 266 g/mol. The normalized spacial score (nSPS) is 25.9. The molecule has 0 unspecified atom stereocenters. The highest BCUT2D eigenvalue weighted by Crippen LogP contribution is 2.11. The number of hydrogen-bond donors (Lipinski definition) is 2. The van der Waals surface area contributed by atoms with Crippen LogP contribution in [0.3, 0.4) is 0 Å². The second kappa shape index (κ2) is 6.23. The highest BCUT2D eigenvalue weighted by molar-refractivity contribution is 7.91. The van der Waals surface area contributed by atoms with Gasteiger partial charge in [-0.15, -0.1) is 0 Å². The molecular formula is C12H17N3O3S. The van der Waals surface area contributed by atoms with E-state index in [4.69, 9.17) is 0 Å². The molecule has 7 heteroatoms. The quantitative estimate of drug-likeness (QED) is 0.548. The molecule has 0 bridgehead atoms. The van der Waals surface area contributed by atoms with Crippen molar-refractivity contribution in [2.45, 2.75) is 12.1 Å². The van der Waals surface area contributed by atoms with Crippen molar-refractivity contribution in [1.29, 1.82) is 0 Å². The number of sulfone groups is 1. The summed E-state index contributed by atoms with van der Waals surface area (Å²) >= 11 is 0. The largest absolute Gasteiger partial charge is 0.390 e. The Labute approximate surface area is 112 Å². The molecule has 1 aliphatic heterocycles. The molecule has 0 amide bonds. The number of aliphatic hydroxyl groups excluding tert-OH is 1. The van der Waals surface area contributed by atoms with Crippen LogP contribution in [0.2, 0.25) is 0 Å². The lowest BCUT2D eigenvalue weighted by Gasteiger charge is -2.13. The third-order valence-corrected chi connectivity index (χ3v) is 4.63. The van der Waals surface area contributed by atoms with Crippen molar-refractivity contribution < 1.29 is 13.5 Å². The Balaban J connectivity index is 1.72. The van der Waals surface area contributed by atoms with Crippen molar-refractivity contribution >= 4 is 16.1 Å². The first-order valence-electron chi connectivity index (χ1n) is 6.08. The van der Waals surface area contributed by atoms with E-state index in [9.17, 15) is 13.5 Å². The Morgan fingerprint density at radius 3 is 2.79 bits per heavy atom. The minimum atomic E-state index is -3.09. The van der Waals surface area contributed by atoms with Crippen LogP contribution in [0, 0.1) is 0 Å². The van der Waals surface area contributed by atoms with Crippen LogP contribution in [-0.2, 0) is 9.84 Å². The Morgan fingerprint density at radius 2 is 2.16 bits per heavy atom. The summed E-state index contributed by atoms with van der Waals surface area (Å²) in [7, 11) is -3.09. The van der Waals surface area contributed by atoms with Crippen LogP contribution in [0.5, 0.6) is 0 Å². The molecule has 2 heterocycles. The summed E-state index contributed by atoms with van der Waals surface area (Å²) in [4.78, 5) is 8.12. The zero-order valence-electron chi connectivity index (χ0n) is 10.4. The number of nitrogens with one attached hydrogen (secondary N) is 1. The SMILES string of the molecule is O=S1(=O)C[C@H](NCCN=Cc2ccncc2)[C@@H](O)C1. The van der Waals surface area contributed by atoms with Crippen LogP contribution in [-0.4, -0.2) is 61.5 Å². The zero-order chi connectivity index (χ0) is 13.7. The minimum Gasteiger partial charge on any atom is -0.390 e. The van der Waals surface area contributed by atoms with Crippen LogP contribution in [0.15, 0.2) is 29.5 Å². The van der Waals surface area contributed by atoms with Crippen LogP contribution in [0.25, 0.3) is 0 Å². The monoisotopic (exact) mass is 283 g/mol. The maximum Gasteiger partial charge on any atom is 0.154 e. The van der Waals surface area contributed by atoms with Gasteiger partial charge in [-0.2, -0.15) is 0 Å². The first-order chi connectivity index (χ1) is 9.07. The van der Waals surface area contributed by atoms with Crippen LogP contribution in [0.1, 0.15) is 5.56 Å². The number of aromatic nitrogens is 1. The van der Waals surface area contributed by atoms with Crippen molar-refractivity contribution in [2.75, 3.05) is 24.6 Å². The molecule has 1 fully saturated rings. The minimum absolute atomic E-state index is 0.00222. The molecule has 0 spiro atoms. The van der Waals surface area contributed by atoms with Gasteiger partial charge in [0.1, 0.15) is 0 Å². The maximum atomic E-state index is 11.3. The average molecular weight is 283 g/mol. The number of aliphatic hydroxyl groups is 1. The van der Waals surface area contributed by atoms with Gasteiger partial charge in [-0.1, -0.05) is 0 Å². The van der Waals surface area contributed by atoms with Crippen molar-refractivity contribution in [1.82, 2.24) is 10.3 Å². The average Bonchev–Trinajstić information content (AvgIpc) is 2.63. The van der Waals surface area contributed by atoms with Crippen molar-refractivity contribution in [3.05, 3.63) is 30.1 Å². The number of aliphatic imine (C=N–C) groups is 1. The third-order valence-electron chi connectivity index (χ3n) is 2.92. The van der Waals surface area contributed by atoms with Gasteiger partial charge >= 0.3 is 0 Å². The van der Waals surface area contributed by atoms with Gasteiger partial charge in [0.2, 0.25) is 0 Å². The van der Waals surface area contributed by atoms with Crippen LogP contribution in [0.4, 0.5) is 0 Å². The van der Waals surface area contributed by atoms with Gasteiger partial charge in [-0.25, -0.2) is 8.42 Å². The topological polar surface area (TPSA) is 91.7 Å². The standard InChI is InChI=1S/C12H17N3O3S/c16-12-9-19(17,18)8-11(12)15-6-5-14-7-10-1-3-13-4-2-10/h1-4,7,11-12,15-16H,5-6,8-9H2/t11-,12-/m0/s1. The molecule has 19 heavy (non-hydrogen) atoms. The van der Waals surface area contributed by atoms with Gasteiger partial charge in [0.25, 0.3) is 0 Å². The molecule has 1 saturated heterocycles. The highest BCUT2D eigenvalue weighted by Gasteiger charge is 2.35. The molecule has 2 rings (SSSR count). The summed E-state index contributed by atoms with van der Waals surface area (Å²) in [6.45, 7) is 1.07. The van der Waals surface area contributed by atoms with Gasteiger partial charge in [0, 0.05) is 31.2 Å². The fraction of sp³-hybridized carbons (Fsp3) is 0.500. The summed E-state index contributed by atoms with van der Waals surface area (Å²) < 4.78 is 22.6. The Morgan fingerprint density at radius 1 is 1.42 bits per heavy atom. The predicted octanol–water partition coefficient (Wildman–Crippen LogP) is -0.752. The molecule has 1 aliphatic rings. The summed E-state index contributed by atoms with van der Waals surface area (Å²) in [5.41, 5.74) is 0.971. The maximum absolute atomic E-state index is 11.3. The molecule has 1 aromatic rings. The van der Waals surface area contributed by atoms with E-state index in [0.29, 0.717) is 13.1 Å². The lowest BCUT2D eigenvalue weighted by Crippen LogP contribution is -2.40. The Kier molecular flexibility index (Phi) is 4.62. The number of hydrogen-bond acceptors (Lipinski definition) is 6. The van der Waals surface area contributed by atoms with Gasteiger partial charge in [0.05, 0.1) is 24.2 Å². The molecule has 2 N–H and O–H groups in total. The van der Waals surface area contributed by atoms with E-state index < -0.39 is 15.9 Å². The second-order valence-corrected chi connectivity index (χ2v) is 6.67. The molecule has 0 radical (unpaired) electrons. The van der Waals surface area contributed by atoms with Gasteiger partial charge in [-0.05, 0) is 17.7 Å². The van der Waals surface area contributed by atoms with Crippen molar-refractivity contribution in [2.24, 2.45) is 4.99 Å². The summed E-state index contributed by atoms with van der Waals surface area (Å²) in [6.07, 6.45) is 4.32. The zero-order valence-corrected chi connectivity index (χ0v) is 11.3. The lowest BCUT2D eigenvalue weighted by molar-refractivity contribution is 0.167. The number of pyridine rings is 1. The van der Waals surface area contributed by atoms with E-state index in [1.165, 1.54) is 0 Å². The van der Waals surface area contributed by atoms with E-state index in [-0.39, 0.29) is 17.5 Å². The van der Waals surface area contributed by atoms with E-state index in [0.717, 1.165) is 5.56 Å². The van der Waals surface area contributed by atoms with Crippen molar-refractivity contribution in [3.8, 4) is 0 Å². The fourth-order valence-electron chi connectivity index (χ4n) is 1.96. The predicted molar refractivity (Wildman–Crippen MR) is 73.1 cm³/mol. The number of rotatable bonds is 5. The van der Waals surface area contributed by atoms with E-state index in [2.05, 4.69) is 15.3 Å². The molecule has 0 aromatic carbocycles. The smallest absolute Gasteiger partial charge is 0.154 e. The molecule has 104 valence electrons. The van der Waals surface area contributed by atoms with Gasteiger partial charge in [-0.3, -0.25) is 9.98 Å². The Hall–Kier alpha value is -1.31. The van der Waals surface area contributed by atoms with E-state index in [1.807, 2.05) is 12.1 Å². The molecule has 0 aliphatic carbocycles. The summed E-state index contributed by atoms with van der Waals surface area (Å²) in [5.74, 6) is -0.146. The Bertz CT molecular complexity index is 530. The summed E-state index contributed by atoms with van der Waals surface area (Å²) in [5, 5.41) is 12.6. The number of nitrogens with zero attached hydrogens (tertiary/aromatic N) is 2. The molecule has 6 nitrogen and oxygen atoms in total. The van der Waals surface area contributed by atoms with Gasteiger partial charge in [0.15, 0.2) is 9.84 Å². The van der Waals surface area contributed by atoms with Crippen molar-refractivity contribution in [3.63, 3.8) is 0 Å². The second-order valence-electron chi connectivity index (χ2n) is 4.52. The van der Waals surface area contributed by atoms with E-state index in [1.54, 1.807) is 18.6 Å². The van der Waals surface area contributed by atoms with Crippen LogP contribution >= 0.6 is 0 Å². The molecule has 1 aromatic heterocycles.